The number of anilines is 1. The van der Waals surface area contributed by atoms with Crippen LogP contribution < -0.4 is 21.3 Å². The number of ether oxygens (including phenoxy) is 1. The molecule has 0 bridgehead atoms. The molecule has 1 unspecified atom stereocenters. The SMILES string of the molecule is Cc1ncsc1-c1ccc(CNC(=O)[C@@H]2C[C@@H](O)CN2C(=O)[C@@H](NC(=O)COCCCCCCNc2cccc3c2C(=O)N(C2CCC(=O)NC2=O)C3=O)C(C)(C)C)cc1. The Morgan fingerprint density at radius 1 is 1.02 bits per heavy atom. The molecule has 4 heterocycles. The first-order valence-corrected chi connectivity index (χ1v) is 21.2. The average Bonchev–Trinajstić information content (AvgIpc) is 3.90. The molecule has 0 spiro atoms. The number of hydrogen-bond donors (Lipinski definition) is 5. The van der Waals surface area contributed by atoms with E-state index in [2.05, 4.69) is 26.3 Å². The number of β-amino-alcohol motifs (C(OH)–C–C–N with tert-alkyl or cyclic N) is 1. The number of aliphatic hydroxyl groups excluding tert-OH is 1. The second-order valence-corrected chi connectivity index (χ2v) is 17.4. The van der Waals surface area contributed by atoms with E-state index in [1.165, 1.54) is 4.90 Å². The van der Waals surface area contributed by atoms with Gasteiger partial charge in [0.2, 0.25) is 29.5 Å². The van der Waals surface area contributed by atoms with E-state index in [4.69, 9.17) is 4.74 Å². The van der Waals surface area contributed by atoms with Crippen molar-refractivity contribution in [2.75, 3.05) is 31.6 Å². The Bertz CT molecular complexity index is 2110. The zero-order valence-electron chi connectivity index (χ0n) is 34.4. The predicted molar refractivity (Wildman–Crippen MR) is 223 cm³/mol. The van der Waals surface area contributed by atoms with Crippen molar-refractivity contribution in [3.8, 4) is 10.4 Å². The highest BCUT2D eigenvalue weighted by Gasteiger charge is 2.46. The van der Waals surface area contributed by atoms with Gasteiger partial charge in [0.05, 0.1) is 33.3 Å². The lowest BCUT2D eigenvalue weighted by molar-refractivity contribution is -0.144. The Morgan fingerprint density at radius 2 is 1.77 bits per heavy atom. The predicted octanol–water partition coefficient (Wildman–Crippen LogP) is 3.32. The van der Waals surface area contributed by atoms with Gasteiger partial charge >= 0.3 is 0 Å². The monoisotopic (exact) mass is 843 g/mol. The number of carbonyl (C=O) groups is 7. The summed E-state index contributed by atoms with van der Waals surface area (Å²) in [7, 11) is 0. The zero-order valence-corrected chi connectivity index (χ0v) is 35.2. The van der Waals surface area contributed by atoms with Gasteiger partial charge < -0.3 is 30.7 Å². The maximum Gasteiger partial charge on any atom is 0.264 e. The second kappa shape index (κ2) is 19.2. The van der Waals surface area contributed by atoms with E-state index in [1.807, 2.05) is 52.0 Å². The van der Waals surface area contributed by atoms with Crippen molar-refractivity contribution in [2.45, 2.75) is 103 Å². The summed E-state index contributed by atoms with van der Waals surface area (Å²) in [6, 6.07) is 9.88. The van der Waals surface area contributed by atoms with Gasteiger partial charge in [0.25, 0.3) is 11.8 Å². The molecular weight excluding hydrogens is 791 g/mol. The number of piperidine rings is 1. The number of imide groups is 2. The van der Waals surface area contributed by atoms with Crippen LogP contribution in [0.4, 0.5) is 5.69 Å². The first-order chi connectivity index (χ1) is 28.6. The van der Waals surface area contributed by atoms with Crippen LogP contribution in [-0.2, 0) is 35.3 Å². The summed E-state index contributed by atoms with van der Waals surface area (Å²) in [6.07, 6.45) is 2.41. The summed E-state index contributed by atoms with van der Waals surface area (Å²) in [5.41, 5.74) is 4.91. The number of thiazole rings is 1. The van der Waals surface area contributed by atoms with Crippen molar-refractivity contribution in [1.29, 1.82) is 0 Å². The van der Waals surface area contributed by atoms with Crippen LogP contribution in [0, 0.1) is 12.3 Å². The summed E-state index contributed by atoms with van der Waals surface area (Å²) >= 11 is 1.56. The highest BCUT2D eigenvalue weighted by atomic mass is 32.1. The fourth-order valence-corrected chi connectivity index (χ4v) is 8.53. The summed E-state index contributed by atoms with van der Waals surface area (Å²) in [5.74, 6) is -3.50. The minimum absolute atomic E-state index is 0.0250. The second-order valence-electron chi connectivity index (χ2n) is 16.5. The van der Waals surface area contributed by atoms with Crippen molar-refractivity contribution in [3.05, 3.63) is 70.4 Å². The molecule has 2 aromatic carbocycles. The van der Waals surface area contributed by atoms with E-state index in [0.717, 1.165) is 45.9 Å². The third-order valence-electron chi connectivity index (χ3n) is 10.9. The van der Waals surface area contributed by atoms with E-state index in [9.17, 15) is 38.7 Å². The molecule has 60 heavy (non-hydrogen) atoms. The first kappa shape index (κ1) is 44.0. The van der Waals surface area contributed by atoms with Crippen LogP contribution in [0.3, 0.4) is 0 Å². The molecule has 6 rings (SSSR count). The number of likely N-dealkylation sites (tertiary alicyclic amines) is 1. The van der Waals surface area contributed by atoms with Gasteiger partial charge in [0.15, 0.2) is 0 Å². The lowest BCUT2D eigenvalue weighted by atomic mass is 9.85. The van der Waals surface area contributed by atoms with Gasteiger partial charge in [-0.1, -0.05) is 63.9 Å². The molecule has 1 aromatic heterocycles. The molecule has 17 heteroatoms. The van der Waals surface area contributed by atoms with Crippen molar-refractivity contribution >= 4 is 58.4 Å². The van der Waals surface area contributed by atoms with Crippen LogP contribution in [0.15, 0.2) is 48.0 Å². The molecule has 3 aliphatic heterocycles. The third-order valence-corrected chi connectivity index (χ3v) is 11.9. The van der Waals surface area contributed by atoms with Crippen LogP contribution in [0.5, 0.6) is 0 Å². The fraction of sp³-hybridized carbons (Fsp3) is 0.488. The Kier molecular flexibility index (Phi) is 14.1. The Balaban J connectivity index is 0.904. The molecule has 2 saturated heterocycles. The van der Waals surface area contributed by atoms with Gasteiger partial charge in [-0.25, -0.2) is 4.98 Å². The minimum atomic E-state index is -1.03. The van der Waals surface area contributed by atoms with Crippen LogP contribution in [0.1, 0.15) is 97.7 Å². The minimum Gasteiger partial charge on any atom is -0.391 e. The van der Waals surface area contributed by atoms with Crippen molar-refractivity contribution in [2.24, 2.45) is 5.41 Å². The number of benzene rings is 2. The lowest BCUT2D eigenvalue weighted by Gasteiger charge is -2.35. The standard InChI is InChI=1S/C43H53N7O9S/c1-25-36(60-24-46-25)27-14-12-26(13-15-27)21-45-38(54)32-20-28(51)22-49(32)42(58)37(43(2,3)4)47-34(53)23-59-19-8-6-5-7-18-44-30-11-9-10-29-35(30)41(57)50(40(29)56)31-16-17-33(52)48-39(31)55/h9-15,24,28,31-32,37,44,51H,5-8,16-23H2,1-4H3,(H,45,54)(H,47,53)(H,48,52,55)/t28-,31?,32+,37-/m1/s1. The number of nitrogens with zero attached hydrogens (tertiary/aromatic N) is 3. The van der Waals surface area contributed by atoms with Gasteiger partial charge in [0.1, 0.15) is 24.7 Å². The number of unbranched alkanes of at least 4 members (excludes halogenated alkanes) is 3. The van der Waals surface area contributed by atoms with Crippen molar-refractivity contribution < 1.29 is 43.4 Å². The molecule has 2 fully saturated rings. The van der Waals surface area contributed by atoms with Crippen molar-refractivity contribution in [1.82, 2.24) is 30.7 Å². The third kappa shape index (κ3) is 10.3. The molecule has 3 aliphatic rings. The highest BCUT2D eigenvalue weighted by molar-refractivity contribution is 7.13. The maximum absolute atomic E-state index is 13.9. The number of carbonyl (C=O) groups excluding carboxylic acids is 7. The molecule has 7 amide bonds. The Hall–Kier alpha value is -5.52. The van der Waals surface area contributed by atoms with Gasteiger partial charge in [-0.2, -0.15) is 0 Å². The average molecular weight is 844 g/mol. The molecule has 16 nitrogen and oxygen atoms in total. The van der Waals surface area contributed by atoms with Crippen LogP contribution in [0.2, 0.25) is 0 Å². The molecule has 0 radical (unpaired) electrons. The first-order valence-electron chi connectivity index (χ1n) is 20.3. The smallest absolute Gasteiger partial charge is 0.264 e. The number of aryl methyl sites for hydroxylation is 1. The number of hydrogen-bond acceptors (Lipinski definition) is 12. The van der Waals surface area contributed by atoms with Gasteiger partial charge in [0, 0.05) is 44.8 Å². The highest BCUT2D eigenvalue weighted by Crippen LogP contribution is 2.33. The number of aromatic nitrogens is 1. The molecule has 320 valence electrons. The number of nitrogens with one attached hydrogen (secondary N) is 4. The Labute approximate surface area is 352 Å². The fourth-order valence-electron chi connectivity index (χ4n) is 7.72. The molecule has 5 N–H and O–H groups in total. The number of fused-ring (bicyclic) bond motifs is 1. The number of aliphatic hydroxyl groups is 1. The number of amides is 7. The van der Waals surface area contributed by atoms with Crippen LogP contribution in [-0.4, -0.2) is 112 Å². The normalized spacial score (nSPS) is 19.6. The summed E-state index contributed by atoms with van der Waals surface area (Å²) < 4.78 is 5.64. The molecule has 4 atom stereocenters. The summed E-state index contributed by atoms with van der Waals surface area (Å²) in [5, 5.41) is 21.7. The van der Waals surface area contributed by atoms with Crippen LogP contribution in [0.25, 0.3) is 10.4 Å². The van der Waals surface area contributed by atoms with E-state index in [-0.39, 0.29) is 56.0 Å². The molecule has 0 aliphatic carbocycles. The Morgan fingerprint density at radius 3 is 2.47 bits per heavy atom. The number of rotatable bonds is 17. The van der Waals surface area contributed by atoms with Crippen molar-refractivity contribution in [3.63, 3.8) is 0 Å². The quantitative estimate of drug-likeness (QED) is 0.0982. The lowest BCUT2D eigenvalue weighted by Crippen LogP contribution is -2.58. The largest absolute Gasteiger partial charge is 0.391 e. The molecule has 0 saturated carbocycles. The van der Waals surface area contributed by atoms with E-state index in [1.54, 1.807) is 35.0 Å². The van der Waals surface area contributed by atoms with Gasteiger partial charge in [-0.15, -0.1) is 11.3 Å². The zero-order chi connectivity index (χ0) is 43.1. The summed E-state index contributed by atoms with van der Waals surface area (Å²) in [4.78, 5) is 98.4. The molecular formula is C43H53N7O9S. The van der Waals surface area contributed by atoms with Gasteiger partial charge in [-0.05, 0) is 54.9 Å². The van der Waals surface area contributed by atoms with Crippen LogP contribution >= 0.6 is 11.3 Å². The van der Waals surface area contributed by atoms with E-state index < -0.39 is 65.1 Å². The van der Waals surface area contributed by atoms with E-state index in [0.29, 0.717) is 25.3 Å². The van der Waals surface area contributed by atoms with Gasteiger partial charge in [-0.3, -0.25) is 43.8 Å². The topological polar surface area (TPSA) is 216 Å². The van der Waals surface area contributed by atoms with E-state index >= 15 is 0 Å². The molecule has 3 aromatic rings. The summed E-state index contributed by atoms with van der Waals surface area (Å²) in [6.45, 7) is 8.25. The maximum atomic E-state index is 13.9.